The summed E-state index contributed by atoms with van der Waals surface area (Å²) in [5.41, 5.74) is 13.2. The number of hydrogen-bond acceptors (Lipinski definition) is 5. The van der Waals surface area contributed by atoms with E-state index in [2.05, 4.69) is 4.98 Å². The van der Waals surface area contributed by atoms with Gasteiger partial charge in [-0.2, -0.15) is 0 Å². The molecule has 0 fully saturated rings. The SMILES string of the molecule is Cc1ncc(CO)c([C@H](N)CCCCN)c1O.Cl. The van der Waals surface area contributed by atoms with E-state index in [1.54, 1.807) is 13.1 Å². The Bertz CT molecular complexity index is 375. The highest BCUT2D eigenvalue weighted by Gasteiger charge is 2.17. The summed E-state index contributed by atoms with van der Waals surface area (Å²) in [6, 6.07) is -0.287. The maximum absolute atomic E-state index is 9.96. The second-order valence-corrected chi connectivity index (χ2v) is 4.18. The quantitative estimate of drug-likeness (QED) is 0.583. The molecule has 0 radical (unpaired) electrons. The molecular weight excluding hydrogens is 254 g/mol. The maximum Gasteiger partial charge on any atom is 0.141 e. The van der Waals surface area contributed by atoms with Gasteiger partial charge in [-0.05, 0) is 26.3 Å². The van der Waals surface area contributed by atoms with Gasteiger partial charge >= 0.3 is 0 Å². The Labute approximate surface area is 114 Å². The fourth-order valence-electron chi connectivity index (χ4n) is 1.85. The predicted molar refractivity (Wildman–Crippen MR) is 73.6 cm³/mol. The van der Waals surface area contributed by atoms with Gasteiger partial charge in [0.15, 0.2) is 0 Å². The molecule has 1 atom stereocenters. The Hall–Kier alpha value is -0.880. The number of aromatic hydroxyl groups is 1. The van der Waals surface area contributed by atoms with Crippen molar-refractivity contribution in [1.29, 1.82) is 0 Å². The minimum atomic E-state index is -0.287. The smallest absolute Gasteiger partial charge is 0.141 e. The summed E-state index contributed by atoms with van der Waals surface area (Å²) < 4.78 is 0. The molecule has 0 aliphatic heterocycles. The topological polar surface area (TPSA) is 105 Å². The molecule has 0 aliphatic carbocycles. The minimum absolute atomic E-state index is 0. The van der Waals surface area contributed by atoms with Gasteiger partial charge in [-0.25, -0.2) is 0 Å². The first-order valence-corrected chi connectivity index (χ1v) is 5.85. The number of aliphatic hydroxyl groups excluding tert-OH is 1. The number of aliphatic hydroxyl groups is 1. The highest BCUT2D eigenvalue weighted by atomic mass is 35.5. The monoisotopic (exact) mass is 275 g/mol. The zero-order valence-electron chi connectivity index (χ0n) is 10.6. The third-order valence-corrected chi connectivity index (χ3v) is 2.87. The third-order valence-electron chi connectivity index (χ3n) is 2.87. The van der Waals surface area contributed by atoms with Crippen molar-refractivity contribution in [1.82, 2.24) is 4.98 Å². The fraction of sp³-hybridized carbons (Fsp3) is 0.583. The number of nitrogens with zero attached hydrogens (tertiary/aromatic N) is 1. The van der Waals surface area contributed by atoms with Crippen LogP contribution in [-0.4, -0.2) is 21.7 Å². The summed E-state index contributed by atoms with van der Waals surface area (Å²) in [4.78, 5) is 4.00. The van der Waals surface area contributed by atoms with E-state index < -0.39 is 0 Å². The average Bonchev–Trinajstić information content (AvgIpc) is 2.32. The Morgan fingerprint density at radius 3 is 2.61 bits per heavy atom. The summed E-state index contributed by atoms with van der Waals surface area (Å²) in [7, 11) is 0. The van der Waals surface area contributed by atoms with Gasteiger partial charge in [-0.15, -0.1) is 12.4 Å². The maximum atomic E-state index is 9.96. The summed E-state index contributed by atoms with van der Waals surface area (Å²) in [5, 5.41) is 19.2. The number of aryl methyl sites for hydroxylation is 1. The van der Waals surface area contributed by atoms with Crippen LogP contribution in [0.2, 0.25) is 0 Å². The van der Waals surface area contributed by atoms with Crippen molar-refractivity contribution in [3.05, 3.63) is 23.0 Å². The Morgan fingerprint density at radius 1 is 1.39 bits per heavy atom. The summed E-state index contributed by atoms with van der Waals surface area (Å²) in [6.07, 6.45) is 4.12. The number of aromatic nitrogens is 1. The van der Waals surface area contributed by atoms with Crippen molar-refractivity contribution in [2.45, 2.75) is 38.8 Å². The number of hydrogen-bond donors (Lipinski definition) is 4. The molecule has 1 aromatic heterocycles. The molecule has 1 aromatic rings. The number of halogens is 1. The van der Waals surface area contributed by atoms with Crippen LogP contribution < -0.4 is 11.5 Å². The van der Waals surface area contributed by atoms with Crippen LogP contribution in [0.1, 0.15) is 42.1 Å². The lowest BCUT2D eigenvalue weighted by Crippen LogP contribution is -2.14. The first kappa shape index (κ1) is 17.1. The van der Waals surface area contributed by atoms with Crippen molar-refractivity contribution < 1.29 is 10.2 Å². The lowest BCUT2D eigenvalue weighted by molar-refractivity contribution is 0.277. The molecule has 1 heterocycles. The van der Waals surface area contributed by atoms with Gasteiger partial charge in [0.1, 0.15) is 5.75 Å². The Morgan fingerprint density at radius 2 is 2.06 bits per heavy atom. The van der Waals surface area contributed by atoms with Crippen LogP contribution in [0.5, 0.6) is 5.75 Å². The van der Waals surface area contributed by atoms with Crippen LogP contribution in [0, 0.1) is 6.92 Å². The first-order chi connectivity index (χ1) is 8.11. The van der Waals surface area contributed by atoms with Gasteiger partial charge in [0.25, 0.3) is 0 Å². The van der Waals surface area contributed by atoms with E-state index >= 15 is 0 Å². The Balaban J connectivity index is 0.00000289. The highest BCUT2D eigenvalue weighted by molar-refractivity contribution is 5.85. The second-order valence-electron chi connectivity index (χ2n) is 4.18. The van der Waals surface area contributed by atoms with Crippen molar-refractivity contribution in [3.63, 3.8) is 0 Å². The van der Waals surface area contributed by atoms with Crippen molar-refractivity contribution in [3.8, 4) is 5.75 Å². The lowest BCUT2D eigenvalue weighted by atomic mass is 9.96. The Kier molecular flexibility index (Phi) is 7.86. The second kappa shape index (κ2) is 8.26. The minimum Gasteiger partial charge on any atom is -0.506 e. The lowest BCUT2D eigenvalue weighted by Gasteiger charge is -2.17. The van der Waals surface area contributed by atoms with E-state index in [1.807, 2.05) is 0 Å². The number of nitrogens with two attached hydrogens (primary N) is 2. The summed E-state index contributed by atoms with van der Waals surface area (Å²) >= 11 is 0. The van der Waals surface area contributed by atoms with Gasteiger partial charge in [0.2, 0.25) is 0 Å². The largest absolute Gasteiger partial charge is 0.506 e. The van der Waals surface area contributed by atoms with Gasteiger partial charge in [-0.3, -0.25) is 4.98 Å². The molecule has 1 rings (SSSR count). The van der Waals surface area contributed by atoms with Gasteiger partial charge < -0.3 is 21.7 Å². The third kappa shape index (κ3) is 4.10. The molecule has 18 heavy (non-hydrogen) atoms. The van der Waals surface area contributed by atoms with Crippen molar-refractivity contribution in [2.75, 3.05) is 6.54 Å². The molecule has 6 heteroatoms. The molecule has 0 bridgehead atoms. The average molecular weight is 276 g/mol. The highest BCUT2D eigenvalue weighted by Crippen LogP contribution is 2.31. The van der Waals surface area contributed by atoms with E-state index in [0.717, 1.165) is 19.3 Å². The number of unbranched alkanes of at least 4 members (excludes halogenated alkanes) is 1. The first-order valence-electron chi connectivity index (χ1n) is 5.85. The summed E-state index contributed by atoms with van der Waals surface area (Å²) in [5.74, 6) is 0.0943. The molecule has 104 valence electrons. The standard InChI is InChI=1S/C12H21N3O2.ClH/c1-8-12(17)11(9(7-16)6-15-8)10(14)4-2-3-5-13;/h6,10,16-17H,2-5,7,13-14H2,1H3;1H/t10-;/m1./s1. The van der Waals surface area contributed by atoms with Crippen LogP contribution in [0.15, 0.2) is 6.20 Å². The molecule has 0 spiro atoms. The van der Waals surface area contributed by atoms with E-state index in [-0.39, 0.29) is 30.8 Å². The van der Waals surface area contributed by atoms with Gasteiger partial charge in [0, 0.05) is 23.4 Å². The van der Waals surface area contributed by atoms with E-state index in [0.29, 0.717) is 23.4 Å². The van der Waals surface area contributed by atoms with Crippen molar-refractivity contribution in [2.24, 2.45) is 11.5 Å². The molecule has 0 saturated carbocycles. The molecule has 5 nitrogen and oxygen atoms in total. The number of rotatable bonds is 6. The van der Waals surface area contributed by atoms with E-state index in [1.165, 1.54) is 0 Å². The van der Waals surface area contributed by atoms with Crippen LogP contribution in [0.25, 0.3) is 0 Å². The molecule has 0 unspecified atom stereocenters. The van der Waals surface area contributed by atoms with E-state index in [9.17, 15) is 10.2 Å². The summed E-state index contributed by atoms with van der Waals surface area (Å²) in [6.45, 7) is 2.19. The zero-order chi connectivity index (χ0) is 12.8. The molecule has 6 N–H and O–H groups in total. The normalized spacial score (nSPS) is 12.0. The molecule has 0 saturated heterocycles. The molecule has 0 aromatic carbocycles. The fourth-order valence-corrected chi connectivity index (χ4v) is 1.85. The van der Waals surface area contributed by atoms with Crippen molar-refractivity contribution >= 4 is 12.4 Å². The van der Waals surface area contributed by atoms with Gasteiger partial charge in [0.05, 0.1) is 12.3 Å². The zero-order valence-corrected chi connectivity index (χ0v) is 11.4. The number of pyridine rings is 1. The van der Waals surface area contributed by atoms with Crippen LogP contribution in [-0.2, 0) is 6.61 Å². The van der Waals surface area contributed by atoms with Crippen LogP contribution in [0.4, 0.5) is 0 Å². The van der Waals surface area contributed by atoms with Crippen LogP contribution >= 0.6 is 12.4 Å². The van der Waals surface area contributed by atoms with Crippen LogP contribution in [0.3, 0.4) is 0 Å². The molecule has 0 aliphatic rings. The molecule has 0 amide bonds. The van der Waals surface area contributed by atoms with E-state index in [4.69, 9.17) is 11.5 Å². The predicted octanol–water partition coefficient (Wildman–Crippen LogP) is 1.14. The van der Waals surface area contributed by atoms with Gasteiger partial charge in [-0.1, -0.05) is 6.42 Å². The molecular formula is C12H22ClN3O2.